The average molecular weight is 266 g/mol. The molecule has 2 atom stereocenters. The number of hydrazine groups is 1. The molecule has 0 aliphatic heterocycles. The predicted octanol–water partition coefficient (Wildman–Crippen LogP) is 2.89. The Labute approximate surface area is 111 Å². The molecule has 4 nitrogen and oxygen atoms in total. The SMILES string of the molecule is CCOC(CC)C(NN)c1cc2cccc(F)c2o1. The zero-order valence-electron chi connectivity index (χ0n) is 11.2. The summed E-state index contributed by atoms with van der Waals surface area (Å²) < 4.78 is 24.8. The number of furan rings is 1. The Morgan fingerprint density at radius 1 is 1.42 bits per heavy atom. The second kappa shape index (κ2) is 6.14. The molecule has 0 aliphatic rings. The Morgan fingerprint density at radius 3 is 2.79 bits per heavy atom. The van der Waals surface area contributed by atoms with E-state index in [9.17, 15) is 4.39 Å². The molecule has 1 aromatic carbocycles. The molecule has 1 aromatic heterocycles. The zero-order valence-corrected chi connectivity index (χ0v) is 11.2. The summed E-state index contributed by atoms with van der Waals surface area (Å²) in [5.74, 6) is 5.80. The van der Waals surface area contributed by atoms with Crippen molar-refractivity contribution in [2.75, 3.05) is 6.61 Å². The Kier molecular flexibility index (Phi) is 4.52. The van der Waals surface area contributed by atoms with Crippen molar-refractivity contribution in [3.63, 3.8) is 0 Å². The average Bonchev–Trinajstić information content (AvgIpc) is 2.84. The van der Waals surface area contributed by atoms with Gasteiger partial charge in [-0.1, -0.05) is 19.1 Å². The molecule has 3 N–H and O–H groups in total. The highest BCUT2D eigenvalue weighted by atomic mass is 19.1. The third-order valence-electron chi connectivity index (χ3n) is 3.16. The number of benzene rings is 1. The fourth-order valence-electron chi connectivity index (χ4n) is 2.24. The second-order valence-corrected chi connectivity index (χ2v) is 4.35. The Balaban J connectivity index is 2.37. The molecule has 5 heteroatoms. The van der Waals surface area contributed by atoms with Crippen LogP contribution in [-0.2, 0) is 4.74 Å². The minimum atomic E-state index is -0.371. The van der Waals surface area contributed by atoms with Gasteiger partial charge in [-0.3, -0.25) is 5.84 Å². The summed E-state index contributed by atoms with van der Waals surface area (Å²) in [5.41, 5.74) is 2.95. The van der Waals surface area contributed by atoms with Crippen LogP contribution in [-0.4, -0.2) is 12.7 Å². The fraction of sp³-hybridized carbons (Fsp3) is 0.429. The fourth-order valence-corrected chi connectivity index (χ4v) is 2.24. The molecule has 0 radical (unpaired) electrons. The van der Waals surface area contributed by atoms with Crippen molar-refractivity contribution in [1.29, 1.82) is 0 Å². The van der Waals surface area contributed by atoms with Gasteiger partial charge in [-0.2, -0.15) is 0 Å². The summed E-state index contributed by atoms with van der Waals surface area (Å²) in [7, 11) is 0. The minimum absolute atomic E-state index is 0.112. The first kappa shape index (κ1) is 14.0. The van der Waals surface area contributed by atoms with Gasteiger partial charge in [0.05, 0.1) is 6.10 Å². The summed E-state index contributed by atoms with van der Waals surface area (Å²) in [5, 5.41) is 0.724. The number of ether oxygens (including phenoxy) is 1. The summed E-state index contributed by atoms with van der Waals surface area (Å²) >= 11 is 0. The number of halogens is 1. The lowest BCUT2D eigenvalue weighted by molar-refractivity contribution is 0.0262. The quantitative estimate of drug-likeness (QED) is 0.623. The van der Waals surface area contributed by atoms with Crippen LogP contribution in [0.15, 0.2) is 28.7 Å². The van der Waals surface area contributed by atoms with Crippen LogP contribution in [0.1, 0.15) is 32.1 Å². The maximum Gasteiger partial charge on any atom is 0.169 e. The van der Waals surface area contributed by atoms with E-state index in [-0.39, 0.29) is 23.5 Å². The van der Waals surface area contributed by atoms with Crippen LogP contribution in [0.2, 0.25) is 0 Å². The maximum absolute atomic E-state index is 13.6. The molecule has 0 aliphatic carbocycles. The van der Waals surface area contributed by atoms with E-state index < -0.39 is 0 Å². The molecule has 2 unspecified atom stereocenters. The highest BCUT2D eigenvalue weighted by molar-refractivity contribution is 5.78. The summed E-state index contributed by atoms with van der Waals surface area (Å²) in [4.78, 5) is 0. The van der Waals surface area contributed by atoms with E-state index >= 15 is 0 Å². The van der Waals surface area contributed by atoms with Gasteiger partial charge >= 0.3 is 0 Å². The largest absolute Gasteiger partial charge is 0.456 e. The van der Waals surface area contributed by atoms with E-state index in [1.54, 1.807) is 18.2 Å². The van der Waals surface area contributed by atoms with E-state index in [1.807, 2.05) is 13.8 Å². The van der Waals surface area contributed by atoms with Gasteiger partial charge in [0.1, 0.15) is 11.8 Å². The monoisotopic (exact) mass is 266 g/mol. The number of para-hydroxylation sites is 1. The number of nitrogens with one attached hydrogen (secondary N) is 1. The maximum atomic E-state index is 13.6. The number of hydrogen-bond acceptors (Lipinski definition) is 4. The highest BCUT2D eigenvalue weighted by Crippen LogP contribution is 2.29. The summed E-state index contributed by atoms with van der Waals surface area (Å²) in [6.45, 7) is 4.52. The molecule has 0 fully saturated rings. The molecule has 0 spiro atoms. The van der Waals surface area contributed by atoms with Gasteiger partial charge in [0, 0.05) is 12.0 Å². The van der Waals surface area contributed by atoms with Crippen molar-refractivity contribution in [2.24, 2.45) is 5.84 Å². The summed E-state index contributed by atoms with van der Waals surface area (Å²) in [6.07, 6.45) is 0.668. The molecule has 0 amide bonds. The van der Waals surface area contributed by atoms with Crippen LogP contribution in [0, 0.1) is 5.82 Å². The molecule has 0 bridgehead atoms. The lowest BCUT2D eigenvalue weighted by Gasteiger charge is -2.23. The first-order valence-corrected chi connectivity index (χ1v) is 6.46. The van der Waals surface area contributed by atoms with Gasteiger partial charge < -0.3 is 9.15 Å². The molecule has 2 aromatic rings. The zero-order chi connectivity index (χ0) is 13.8. The van der Waals surface area contributed by atoms with E-state index in [0.29, 0.717) is 12.4 Å². The molecular weight excluding hydrogens is 247 g/mol. The molecule has 0 saturated heterocycles. The Bertz CT molecular complexity index is 541. The lowest BCUT2D eigenvalue weighted by atomic mass is 10.1. The highest BCUT2D eigenvalue weighted by Gasteiger charge is 2.25. The van der Waals surface area contributed by atoms with Crippen LogP contribution < -0.4 is 11.3 Å². The van der Waals surface area contributed by atoms with Gasteiger partial charge in [-0.25, -0.2) is 9.82 Å². The Hall–Kier alpha value is -1.43. The predicted molar refractivity (Wildman–Crippen MR) is 71.9 cm³/mol. The van der Waals surface area contributed by atoms with E-state index in [2.05, 4.69) is 5.43 Å². The number of hydrogen-bond donors (Lipinski definition) is 2. The standard InChI is InChI=1S/C14H19FN2O2/c1-3-11(18-4-2)13(17-16)12-8-9-6-5-7-10(15)14(9)19-12/h5-8,11,13,17H,3-4,16H2,1-2H3. The van der Waals surface area contributed by atoms with E-state index in [4.69, 9.17) is 15.0 Å². The molecule has 1 heterocycles. The molecule has 0 saturated carbocycles. The number of fused-ring (bicyclic) bond motifs is 1. The van der Waals surface area contributed by atoms with Gasteiger partial charge in [-0.15, -0.1) is 0 Å². The van der Waals surface area contributed by atoms with Crippen molar-refractivity contribution >= 4 is 11.0 Å². The van der Waals surface area contributed by atoms with Crippen LogP contribution in [0.25, 0.3) is 11.0 Å². The van der Waals surface area contributed by atoms with Gasteiger partial charge in [0.15, 0.2) is 11.4 Å². The molecule has 2 rings (SSSR count). The van der Waals surface area contributed by atoms with Gasteiger partial charge in [0.25, 0.3) is 0 Å². The molecule has 104 valence electrons. The smallest absolute Gasteiger partial charge is 0.169 e. The second-order valence-electron chi connectivity index (χ2n) is 4.35. The van der Waals surface area contributed by atoms with Crippen molar-refractivity contribution in [3.8, 4) is 0 Å². The number of rotatable bonds is 6. The third kappa shape index (κ3) is 2.78. The lowest BCUT2D eigenvalue weighted by Crippen LogP contribution is -2.37. The van der Waals surface area contributed by atoms with Crippen molar-refractivity contribution in [3.05, 3.63) is 35.8 Å². The van der Waals surface area contributed by atoms with Crippen LogP contribution in [0.4, 0.5) is 4.39 Å². The first-order valence-electron chi connectivity index (χ1n) is 6.46. The normalized spacial score (nSPS) is 14.7. The Morgan fingerprint density at radius 2 is 2.21 bits per heavy atom. The van der Waals surface area contributed by atoms with E-state index in [0.717, 1.165) is 11.8 Å². The number of nitrogens with two attached hydrogens (primary N) is 1. The minimum Gasteiger partial charge on any atom is -0.456 e. The van der Waals surface area contributed by atoms with E-state index in [1.165, 1.54) is 6.07 Å². The van der Waals surface area contributed by atoms with Gasteiger partial charge in [-0.05, 0) is 25.5 Å². The first-order chi connectivity index (χ1) is 9.21. The van der Waals surface area contributed by atoms with Crippen LogP contribution >= 0.6 is 0 Å². The van der Waals surface area contributed by atoms with Crippen LogP contribution in [0.3, 0.4) is 0 Å². The van der Waals surface area contributed by atoms with Crippen LogP contribution in [0.5, 0.6) is 0 Å². The van der Waals surface area contributed by atoms with Crippen molar-refractivity contribution in [1.82, 2.24) is 5.43 Å². The van der Waals surface area contributed by atoms with Crippen molar-refractivity contribution < 1.29 is 13.5 Å². The molecule has 19 heavy (non-hydrogen) atoms. The summed E-state index contributed by atoms with van der Waals surface area (Å²) in [6, 6.07) is 6.34. The molecular formula is C14H19FN2O2. The third-order valence-corrected chi connectivity index (χ3v) is 3.16. The topological polar surface area (TPSA) is 60.4 Å². The van der Waals surface area contributed by atoms with Crippen molar-refractivity contribution in [2.45, 2.75) is 32.4 Å². The van der Waals surface area contributed by atoms with Gasteiger partial charge in [0.2, 0.25) is 0 Å².